The van der Waals surface area contributed by atoms with E-state index in [4.69, 9.17) is 0 Å². The van der Waals surface area contributed by atoms with Crippen molar-refractivity contribution in [1.29, 1.82) is 0 Å². The van der Waals surface area contributed by atoms with E-state index in [1.54, 1.807) is 6.92 Å². The molecule has 1 aliphatic rings. The summed E-state index contributed by atoms with van der Waals surface area (Å²) >= 11 is 0. The second-order valence-electron chi connectivity index (χ2n) is 7.61. The monoisotopic (exact) mass is 324 g/mol. The zero-order valence-corrected chi connectivity index (χ0v) is 16.2. The molecular formula is C20H40N2O. The third-order valence-corrected chi connectivity index (χ3v) is 5.63. The number of unbranched alkanes of at least 4 members (excludes halogenated alkanes) is 6. The molecule has 1 aliphatic heterocycles. The highest BCUT2D eigenvalue weighted by Gasteiger charge is 2.33. The molecule has 1 heterocycles. The third-order valence-electron chi connectivity index (χ3n) is 5.63. The Labute approximate surface area is 144 Å². The summed E-state index contributed by atoms with van der Waals surface area (Å²) in [5, 5.41) is 0. The molecule has 0 atom stereocenters. The van der Waals surface area contributed by atoms with Crippen molar-refractivity contribution in [2.45, 2.75) is 97.4 Å². The quantitative estimate of drug-likeness (QED) is 0.507. The lowest BCUT2D eigenvalue weighted by molar-refractivity contribution is -0.131. The molecule has 1 rings (SSSR count). The SMILES string of the molecule is CCCCCCC(C)(CCCCCC)N1CCN(C(C)=O)CC1. The van der Waals surface area contributed by atoms with Crippen LogP contribution in [-0.2, 0) is 4.79 Å². The van der Waals surface area contributed by atoms with Gasteiger partial charge in [-0.15, -0.1) is 0 Å². The molecule has 1 saturated heterocycles. The van der Waals surface area contributed by atoms with Crippen molar-refractivity contribution in [1.82, 2.24) is 9.80 Å². The van der Waals surface area contributed by atoms with Gasteiger partial charge >= 0.3 is 0 Å². The van der Waals surface area contributed by atoms with Crippen molar-refractivity contribution in [2.75, 3.05) is 26.2 Å². The van der Waals surface area contributed by atoms with Crippen LogP contribution in [0.2, 0.25) is 0 Å². The number of carbonyl (C=O) groups excluding carboxylic acids is 1. The smallest absolute Gasteiger partial charge is 0.219 e. The van der Waals surface area contributed by atoms with Crippen LogP contribution in [0.25, 0.3) is 0 Å². The summed E-state index contributed by atoms with van der Waals surface area (Å²) < 4.78 is 0. The van der Waals surface area contributed by atoms with Gasteiger partial charge in [0.2, 0.25) is 5.91 Å². The molecule has 0 saturated carbocycles. The second kappa shape index (κ2) is 11.1. The highest BCUT2D eigenvalue weighted by Crippen LogP contribution is 2.30. The zero-order valence-electron chi connectivity index (χ0n) is 16.2. The van der Waals surface area contributed by atoms with Crippen molar-refractivity contribution in [3.05, 3.63) is 0 Å². The van der Waals surface area contributed by atoms with Gasteiger partial charge in [0.15, 0.2) is 0 Å². The molecule has 0 radical (unpaired) electrons. The van der Waals surface area contributed by atoms with E-state index in [2.05, 4.69) is 25.7 Å². The summed E-state index contributed by atoms with van der Waals surface area (Å²) in [4.78, 5) is 16.2. The fourth-order valence-corrected chi connectivity index (χ4v) is 3.87. The Hall–Kier alpha value is -0.570. The van der Waals surface area contributed by atoms with Gasteiger partial charge in [-0.3, -0.25) is 9.69 Å². The Balaban J connectivity index is 2.53. The molecule has 0 bridgehead atoms. The van der Waals surface area contributed by atoms with Crippen LogP contribution in [0, 0.1) is 0 Å². The highest BCUT2D eigenvalue weighted by atomic mass is 16.2. The van der Waals surface area contributed by atoms with Crippen molar-refractivity contribution >= 4 is 5.91 Å². The van der Waals surface area contributed by atoms with Crippen LogP contribution in [0.15, 0.2) is 0 Å². The maximum absolute atomic E-state index is 11.6. The predicted octanol–water partition coefficient (Wildman–Crippen LogP) is 4.85. The van der Waals surface area contributed by atoms with E-state index in [0.717, 1.165) is 26.2 Å². The lowest BCUT2D eigenvalue weighted by Gasteiger charge is -2.46. The number of carbonyl (C=O) groups is 1. The van der Waals surface area contributed by atoms with Gasteiger partial charge in [0.25, 0.3) is 0 Å². The average molecular weight is 325 g/mol. The van der Waals surface area contributed by atoms with Crippen LogP contribution in [-0.4, -0.2) is 47.4 Å². The number of amides is 1. The number of rotatable bonds is 11. The molecule has 0 aromatic heterocycles. The average Bonchev–Trinajstić information content (AvgIpc) is 2.56. The van der Waals surface area contributed by atoms with Gasteiger partial charge < -0.3 is 4.90 Å². The van der Waals surface area contributed by atoms with Crippen LogP contribution in [0.5, 0.6) is 0 Å². The van der Waals surface area contributed by atoms with E-state index in [1.807, 2.05) is 4.90 Å². The van der Waals surface area contributed by atoms with E-state index in [0.29, 0.717) is 5.54 Å². The first kappa shape index (κ1) is 20.5. The Kier molecular flexibility index (Phi) is 9.85. The summed E-state index contributed by atoms with van der Waals surface area (Å²) in [7, 11) is 0. The van der Waals surface area contributed by atoms with Gasteiger partial charge in [0.05, 0.1) is 0 Å². The summed E-state index contributed by atoms with van der Waals surface area (Å²) in [5.74, 6) is 0.234. The first-order valence-corrected chi connectivity index (χ1v) is 10.0. The number of nitrogens with zero attached hydrogens (tertiary/aromatic N) is 2. The number of hydrogen-bond acceptors (Lipinski definition) is 2. The number of piperazine rings is 1. The molecule has 0 unspecified atom stereocenters. The largest absolute Gasteiger partial charge is 0.340 e. The summed E-state index contributed by atoms with van der Waals surface area (Å²) in [6.07, 6.45) is 13.4. The molecule has 0 aromatic rings. The van der Waals surface area contributed by atoms with Crippen LogP contribution in [0.1, 0.15) is 91.9 Å². The minimum Gasteiger partial charge on any atom is -0.340 e. The Morgan fingerprint density at radius 2 is 1.30 bits per heavy atom. The lowest BCUT2D eigenvalue weighted by atomic mass is 9.86. The van der Waals surface area contributed by atoms with Gasteiger partial charge in [0.1, 0.15) is 0 Å². The zero-order chi connectivity index (χ0) is 17.1. The first-order chi connectivity index (χ1) is 11.0. The van der Waals surface area contributed by atoms with Gasteiger partial charge in [-0.05, 0) is 19.8 Å². The molecule has 23 heavy (non-hydrogen) atoms. The second-order valence-corrected chi connectivity index (χ2v) is 7.61. The van der Waals surface area contributed by atoms with Crippen LogP contribution < -0.4 is 0 Å². The molecular weight excluding hydrogens is 284 g/mol. The minimum absolute atomic E-state index is 0.234. The molecule has 0 spiro atoms. The topological polar surface area (TPSA) is 23.6 Å². The van der Waals surface area contributed by atoms with E-state index >= 15 is 0 Å². The normalized spacial score (nSPS) is 16.8. The van der Waals surface area contributed by atoms with Crippen molar-refractivity contribution in [3.63, 3.8) is 0 Å². The maximum Gasteiger partial charge on any atom is 0.219 e. The minimum atomic E-state index is 0.234. The third kappa shape index (κ3) is 7.24. The molecule has 0 aliphatic carbocycles. The molecule has 1 amide bonds. The van der Waals surface area contributed by atoms with Crippen molar-refractivity contribution in [3.8, 4) is 0 Å². The predicted molar refractivity (Wildman–Crippen MR) is 99.8 cm³/mol. The Morgan fingerprint density at radius 1 is 0.826 bits per heavy atom. The Morgan fingerprint density at radius 3 is 1.70 bits per heavy atom. The number of hydrogen-bond donors (Lipinski definition) is 0. The van der Waals surface area contributed by atoms with E-state index in [1.165, 1.54) is 64.2 Å². The first-order valence-electron chi connectivity index (χ1n) is 10.0. The highest BCUT2D eigenvalue weighted by molar-refractivity contribution is 5.73. The summed E-state index contributed by atoms with van der Waals surface area (Å²) in [6, 6.07) is 0. The van der Waals surface area contributed by atoms with Gasteiger partial charge in [-0.2, -0.15) is 0 Å². The van der Waals surface area contributed by atoms with Gasteiger partial charge in [0, 0.05) is 38.6 Å². The van der Waals surface area contributed by atoms with E-state index in [9.17, 15) is 4.79 Å². The fourth-order valence-electron chi connectivity index (χ4n) is 3.87. The summed E-state index contributed by atoms with van der Waals surface area (Å²) in [6.45, 7) is 12.7. The molecule has 1 fully saturated rings. The van der Waals surface area contributed by atoms with Crippen molar-refractivity contribution < 1.29 is 4.79 Å². The summed E-state index contributed by atoms with van der Waals surface area (Å²) in [5.41, 5.74) is 0.338. The van der Waals surface area contributed by atoms with Crippen molar-refractivity contribution in [2.24, 2.45) is 0 Å². The molecule has 0 N–H and O–H groups in total. The van der Waals surface area contributed by atoms with E-state index in [-0.39, 0.29) is 5.91 Å². The van der Waals surface area contributed by atoms with Crippen LogP contribution in [0.4, 0.5) is 0 Å². The standard InChI is InChI=1S/C20H40N2O/c1-5-7-9-11-13-20(4,14-12-10-8-6-2)22-17-15-21(16-18-22)19(3)23/h5-18H2,1-4H3. The van der Waals surface area contributed by atoms with Crippen LogP contribution in [0.3, 0.4) is 0 Å². The molecule has 3 nitrogen and oxygen atoms in total. The van der Waals surface area contributed by atoms with Gasteiger partial charge in [-0.25, -0.2) is 0 Å². The fraction of sp³-hybridized carbons (Fsp3) is 0.950. The maximum atomic E-state index is 11.6. The lowest BCUT2D eigenvalue weighted by Crippen LogP contribution is -2.56. The Bertz CT molecular complexity index is 310. The van der Waals surface area contributed by atoms with Gasteiger partial charge in [-0.1, -0.05) is 65.2 Å². The van der Waals surface area contributed by atoms with Crippen LogP contribution >= 0.6 is 0 Å². The molecule has 136 valence electrons. The molecule has 3 heteroatoms. The molecule has 0 aromatic carbocycles. The van der Waals surface area contributed by atoms with E-state index < -0.39 is 0 Å².